The first kappa shape index (κ1) is 17.0. The molecule has 0 aromatic heterocycles. The maximum atomic E-state index is 12.8. The van der Waals surface area contributed by atoms with E-state index in [9.17, 15) is 4.79 Å². The molecule has 122 valence electrons. The van der Waals surface area contributed by atoms with Gasteiger partial charge in [-0.25, -0.2) is 0 Å². The number of ether oxygens (including phenoxy) is 1. The van der Waals surface area contributed by atoms with Crippen molar-refractivity contribution >= 4 is 5.91 Å². The second-order valence-corrected chi connectivity index (χ2v) is 6.51. The van der Waals surface area contributed by atoms with Crippen molar-refractivity contribution in [2.45, 2.75) is 44.8 Å². The number of hydrogen-bond acceptors (Lipinski definition) is 3. The number of methoxy groups -OCH3 is 1. The van der Waals surface area contributed by atoms with Crippen LogP contribution in [0.5, 0.6) is 0 Å². The third-order valence-corrected chi connectivity index (χ3v) is 4.60. The molecule has 1 amide bonds. The number of carbonyl (C=O) groups is 1. The Bertz CT molecular complexity index is 490. The van der Waals surface area contributed by atoms with Crippen molar-refractivity contribution in [1.82, 2.24) is 10.2 Å². The van der Waals surface area contributed by atoms with Crippen LogP contribution in [0.1, 0.15) is 43.7 Å². The summed E-state index contributed by atoms with van der Waals surface area (Å²) in [6, 6.07) is 8.52. The number of amides is 1. The first-order chi connectivity index (χ1) is 10.5. The third kappa shape index (κ3) is 3.68. The Morgan fingerprint density at radius 2 is 1.86 bits per heavy atom. The predicted molar refractivity (Wildman–Crippen MR) is 88.8 cm³/mol. The van der Waals surface area contributed by atoms with Gasteiger partial charge in [-0.15, -0.1) is 0 Å². The lowest BCUT2D eigenvalue weighted by Gasteiger charge is -2.37. The average molecular weight is 304 g/mol. The van der Waals surface area contributed by atoms with Crippen LogP contribution < -0.4 is 5.32 Å². The van der Waals surface area contributed by atoms with Gasteiger partial charge in [-0.1, -0.05) is 38.1 Å². The van der Waals surface area contributed by atoms with Gasteiger partial charge >= 0.3 is 0 Å². The van der Waals surface area contributed by atoms with Crippen molar-refractivity contribution in [3.63, 3.8) is 0 Å². The molecular weight excluding hydrogens is 276 g/mol. The molecule has 1 aromatic rings. The van der Waals surface area contributed by atoms with Gasteiger partial charge in [-0.2, -0.15) is 0 Å². The van der Waals surface area contributed by atoms with Crippen LogP contribution >= 0.6 is 0 Å². The molecule has 1 aliphatic heterocycles. The van der Waals surface area contributed by atoms with Gasteiger partial charge in [0.1, 0.15) is 5.60 Å². The summed E-state index contributed by atoms with van der Waals surface area (Å²) >= 11 is 0. The maximum Gasteiger partial charge on any atom is 0.254 e. The Morgan fingerprint density at radius 1 is 1.27 bits per heavy atom. The van der Waals surface area contributed by atoms with E-state index in [0.29, 0.717) is 12.5 Å². The average Bonchev–Trinajstić information content (AvgIpc) is 2.55. The van der Waals surface area contributed by atoms with Crippen molar-refractivity contribution < 1.29 is 9.53 Å². The van der Waals surface area contributed by atoms with Gasteiger partial charge in [0.05, 0.1) is 0 Å². The first-order valence-electron chi connectivity index (χ1n) is 8.09. The maximum absolute atomic E-state index is 12.8. The normalized spacial score (nSPS) is 17.5. The van der Waals surface area contributed by atoms with Crippen LogP contribution in [0, 0.1) is 0 Å². The molecule has 0 bridgehead atoms. The van der Waals surface area contributed by atoms with Crippen molar-refractivity contribution in [1.29, 1.82) is 0 Å². The molecule has 4 nitrogen and oxygen atoms in total. The predicted octanol–water partition coefficient (Wildman–Crippen LogP) is 2.54. The monoisotopic (exact) mass is 304 g/mol. The van der Waals surface area contributed by atoms with Gasteiger partial charge in [0.2, 0.25) is 0 Å². The molecule has 1 fully saturated rings. The van der Waals surface area contributed by atoms with Gasteiger partial charge in [-0.3, -0.25) is 4.79 Å². The van der Waals surface area contributed by atoms with Crippen molar-refractivity contribution in [2.24, 2.45) is 0 Å². The fraction of sp³-hybridized carbons (Fsp3) is 0.611. The van der Waals surface area contributed by atoms with Crippen LogP contribution in [0.2, 0.25) is 0 Å². The molecule has 2 rings (SSSR count). The summed E-state index contributed by atoms with van der Waals surface area (Å²) in [6.07, 6.45) is 1.47. The SMILES string of the molecule is COC1(C(=O)N(C)Cc2ccc(C(C)C)cc2)CCNCC1. The highest BCUT2D eigenvalue weighted by Crippen LogP contribution is 2.25. The summed E-state index contributed by atoms with van der Waals surface area (Å²) < 4.78 is 5.62. The van der Waals surface area contributed by atoms with Crippen LogP contribution in [-0.4, -0.2) is 43.7 Å². The fourth-order valence-electron chi connectivity index (χ4n) is 3.04. The second kappa shape index (κ2) is 7.25. The molecule has 1 heterocycles. The van der Waals surface area contributed by atoms with Crippen LogP contribution in [-0.2, 0) is 16.1 Å². The summed E-state index contributed by atoms with van der Waals surface area (Å²) in [4.78, 5) is 14.6. The third-order valence-electron chi connectivity index (χ3n) is 4.60. The van der Waals surface area contributed by atoms with Gasteiger partial charge < -0.3 is 15.0 Å². The number of likely N-dealkylation sites (N-methyl/N-ethyl adjacent to an activating group) is 1. The number of nitrogens with zero attached hydrogens (tertiary/aromatic N) is 1. The Hall–Kier alpha value is -1.39. The van der Waals surface area contributed by atoms with E-state index in [0.717, 1.165) is 31.5 Å². The minimum atomic E-state index is -0.655. The quantitative estimate of drug-likeness (QED) is 0.909. The topological polar surface area (TPSA) is 41.6 Å². The minimum Gasteiger partial charge on any atom is -0.368 e. The van der Waals surface area contributed by atoms with Crippen LogP contribution in [0.4, 0.5) is 0 Å². The minimum absolute atomic E-state index is 0.0874. The molecule has 22 heavy (non-hydrogen) atoms. The summed E-state index contributed by atoms with van der Waals surface area (Å²) in [5.74, 6) is 0.615. The number of hydrogen-bond donors (Lipinski definition) is 1. The zero-order chi connectivity index (χ0) is 16.2. The Balaban J connectivity index is 2.04. The summed E-state index contributed by atoms with van der Waals surface area (Å²) in [5.41, 5.74) is 1.82. The molecule has 0 unspecified atom stereocenters. The smallest absolute Gasteiger partial charge is 0.254 e. The summed E-state index contributed by atoms with van der Waals surface area (Å²) in [6.45, 7) is 6.65. The number of piperidine rings is 1. The molecule has 4 heteroatoms. The van der Waals surface area contributed by atoms with Crippen LogP contribution in [0.3, 0.4) is 0 Å². The fourth-order valence-corrected chi connectivity index (χ4v) is 3.04. The lowest BCUT2D eigenvalue weighted by atomic mass is 9.90. The molecule has 0 spiro atoms. The van der Waals surface area contributed by atoms with Gasteiger partial charge in [0.15, 0.2) is 0 Å². The van der Waals surface area contributed by atoms with Gasteiger partial charge in [0, 0.05) is 20.7 Å². The lowest BCUT2D eigenvalue weighted by molar-refractivity contribution is -0.157. The molecule has 1 saturated heterocycles. The lowest BCUT2D eigenvalue weighted by Crippen LogP contribution is -2.54. The molecule has 1 aliphatic rings. The van der Waals surface area contributed by atoms with Crippen molar-refractivity contribution in [3.8, 4) is 0 Å². The number of carbonyl (C=O) groups excluding carboxylic acids is 1. The second-order valence-electron chi connectivity index (χ2n) is 6.51. The van der Waals surface area contributed by atoms with E-state index in [4.69, 9.17) is 4.74 Å². The Labute approximate surface area is 133 Å². The molecular formula is C18H28N2O2. The largest absolute Gasteiger partial charge is 0.368 e. The highest BCUT2D eigenvalue weighted by molar-refractivity contribution is 5.85. The molecule has 1 N–H and O–H groups in total. The summed E-state index contributed by atoms with van der Waals surface area (Å²) in [5, 5.41) is 3.28. The first-order valence-corrected chi connectivity index (χ1v) is 8.09. The number of benzene rings is 1. The van der Waals surface area contributed by atoms with Crippen molar-refractivity contribution in [2.75, 3.05) is 27.2 Å². The van der Waals surface area contributed by atoms with Gasteiger partial charge in [-0.05, 0) is 43.0 Å². The van der Waals surface area contributed by atoms with E-state index >= 15 is 0 Å². The van der Waals surface area contributed by atoms with Crippen LogP contribution in [0.25, 0.3) is 0 Å². The van der Waals surface area contributed by atoms with Crippen LogP contribution in [0.15, 0.2) is 24.3 Å². The highest BCUT2D eigenvalue weighted by atomic mass is 16.5. The molecule has 0 radical (unpaired) electrons. The van der Waals surface area contributed by atoms with E-state index in [1.54, 1.807) is 12.0 Å². The number of nitrogens with one attached hydrogen (secondary N) is 1. The van der Waals surface area contributed by atoms with E-state index in [2.05, 4.69) is 43.4 Å². The highest BCUT2D eigenvalue weighted by Gasteiger charge is 2.41. The van der Waals surface area contributed by atoms with E-state index in [1.807, 2.05) is 7.05 Å². The van der Waals surface area contributed by atoms with E-state index in [-0.39, 0.29) is 5.91 Å². The zero-order valence-electron chi connectivity index (χ0n) is 14.2. The zero-order valence-corrected chi connectivity index (χ0v) is 14.2. The summed E-state index contributed by atoms with van der Waals surface area (Å²) in [7, 11) is 3.51. The Kier molecular flexibility index (Phi) is 5.59. The van der Waals surface area contributed by atoms with E-state index in [1.165, 1.54) is 5.56 Å². The number of rotatable bonds is 5. The van der Waals surface area contributed by atoms with Crippen molar-refractivity contribution in [3.05, 3.63) is 35.4 Å². The molecule has 1 aromatic carbocycles. The standard InChI is InChI=1S/C18H28N2O2/c1-14(2)16-7-5-15(6-8-16)13-20(3)17(21)18(22-4)9-11-19-12-10-18/h5-8,14,19H,9-13H2,1-4H3. The van der Waals surface area contributed by atoms with E-state index < -0.39 is 5.60 Å². The molecule has 0 saturated carbocycles. The molecule has 0 aliphatic carbocycles. The Morgan fingerprint density at radius 3 is 2.36 bits per heavy atom. The molecule has 0 atom stereocenters. The van der Waals surface area contributed by atoms with Gasteiger partial charge in [0.25, 0.3) is 5.91 Å².